The van der Waals surface area contributed by atoms with Crippen LogP contribution in [0.4, 0.5) is 0 Å². The van der Waals surface area contributed by atoms with E-state index in [1.54, 1.807) is 26.4 Å². The van der Waals surface area contributed by atoms with Crippen molar-refractivity contribution in [2.24, 2.45) is 5.73 Å². The Bertz CT molecular complexity index is 1140. The van der Waals surface area contributed by atoms with Crippen molar-refractivity contribution in [2.75, 3.05) is 21.3 Å². The summed E-state index contributed by atoms with van der Waals surface area (Å²) in [5.74, 6) is 1.20. The van der Waals surface area contributed by atoms with E-state index < -0.39 is 5.92 Å². The first kappa shape index (κ1) is 19.2. The van der Waals surface area contributed by atoms with Crippen LogP contribution in [0.1, 0.15) is 17.0 Å². The molecule has 0 fully saturated rings. The first-order valence-corrected chi connectivity index (χ1v) is 9.14. The normalized spacial score (nSPS) is 15.1. The van der Waals surface area contributed by atoms with Crippen LogP contribution in [-0.2, 0) is 0 Å². The van der Waals surface area contributed by atoms with E-state index in [-0.39, 0.29) is 11.5 Å². The van der Waals surface area contributed by atoms with Crippen molar-refractivity contribution in [2.45, 2.75) is 5.92 Å². The third-order valence-electron chi connectivity index (χ3n) is 5.02. The maximum atomic E-state index is 9.89. The van der Waals surface area contributed by atoms with E-state index in [1.165, 1.54) is 7.11 Å². The number of nitrogens with zero attached hydrogens (tertiary/aromatic N) is 2. The molecule has 3 aromatic rings. The van der Waals surface area contributed by atoms with Crippen molar-refractivity contribution in [1.82, 2.24) is 10.2 Å². The lowest BCUT2D eigenvalue weighted by molar-refractivity contribution is 0.323. The molecule has 1 atom stereocenters. The number of methoxy groups -OCH3 is 3. The Hall–Kier alpha value is -4.12. The minimum Gasteiger partial charge on any atom is -0.493 e. The first-order valence-electron chi connectivity index (χ1n) is 9.14. The van der Waals surface area contributed by atoms with Crippen molar-refractivity contribution in [3.63, 3.8) is 0 Å². The molecule has 30 heavy (non-hydrogen) atoms. The van der Waals surface area contributed by atoms with E-state index in [2.05, 4.69) is 16.3 Å². The van der Waals surface area contributed by atoms with Gasteiger partial charge < -0.3 is 24.7 Å². The standard InChI is InChI=1S/C22H20N4O4/c1-27-15-9-13(10-16(28-2)20(15)29-3)17-14(11-23)21(24)30-22-18(17)19(25-26-22)12-7-5-4-6-8-12/h4-10,17H,24H2,1-3H3,(H,25,26)/t17-/m1/s1. The summed E-state index contributed by atoms with van der Waals surface area (Å²) in [6.45, 7) is 0. The molecular weight excluding hydrogens is 384 g/mol. The summed E-state index contributed by atoms with van der Waals surface area (Å²) >= 11 is 0. The Morgan fingerprint density at radius 2 is 1.73 bits per heavy atom. The van der Waals surface area contributed by atoms with E-state index in [4.69, 9.17) is 24.7 Å². The molecule has 0 aliphatic carbocycles. The van der Waals surface area contributed by atoms with E-state index in [1.807, 2.05) is 30.3 Å². The Balaban J connectivity index is 1.99. The number of benzene rings is 2. The van der Waals surface area contributed by atoms with Crippen molar-refractivity contribution >= 4 is 0 Å². The van der Waals surface area contributed by atoms with Gasteiger partial charge in [-0.25, -0.2) is 0 Å². The zero-order valence-electron chi connectivity index (χ0n) is 16.7. The highest BCUT2D eigenvalue weighted by molar-refractivity contribution is 5.71. The molecule has 152 valence electrons. The number of nitrogens with one attached hydrogen (secondary N) is 1. The molecule has 0 unspecified atom stereocenters. The lowest BCUT2D eigenvalue weighted by Gasteiger charge is -2.25. The average Bonchev–Trinajstić information content (AvgIpc) is 3.20. The van der Waals surface area contributed by atoms with Crippen LogP contribution in [0, 0.1) is 11.3 Å². The topological polar surface area (TPSA) is 115 Å². The van der Waals surface area contributed by atoms with Crippen LogP contribution in [0.5, 0.6) is 23.1 Å². The highest BCUT2D eigenvalue weighted by Gasteiger charge is 2.36. The number of hydrogen-bond donors (Lipinski definition) is 2. The zero-order chi connectivity index (χ0) is 21.3. The molecule has 4 rings (SSSR count). The summed E-state index contributed by atoms with van der Waals surface area (Å²) in [6, 6.07) is 15.5. The lowest BCUT2D eigenvalue weighted by atomic mass is 9.82. The predicted molar refractivity (Wildman–Crippen MR) is 109 cm³/mol. The van der Waals surface area contributed by atoms with Gasteiger partial charge in [0.25, 0.3) is 0 Å². The van der Waals surface area contributed by atoms with Gasteiger partial charge in [0.15, 0.2) is 11.5 Å². The molecule has 2 heterocycles. The summed E-state index contributed by atoms with van der Waals surface area (Å²) in [6.07, 6.45) is 0. The molecular formula is C22H20N4O4. The fourth-order valence-electron chi connectivity index (χ4n) is 3.67. The van der Waals surface area contributed by atoms with Gasteiger partial charge in [-0.05, 0) is 23.3 Å². The summed E-state index contributed by atoms with van der Waals surface area (Å²) in [7, 11) is 4.62. The van der Waals surface area contributed by atoms with Crippen LogP contribution >= 0.6 is 0 Å². The van der Waals surface area contributed by atoms with Gasteiger partial charge in [0, 0.05) is 0 Å². The minimum absolute atomic E-state index is 0.00913. The molecule has 1 aromatic heterocycles. The highest BCUT2D eigenvalue weighted by atomic mass is 16.5. The van der Waals surface area contributed by atoms with Crippen LogP contribution < -0.4 is 24.7 Å². The van der Waals surface area contributed by atoms with Gasteiger partial charge >= 0.3 is 0 Å². The second-order valence-electron chi connectivity index (χ2n) is 6.57. The average molecular weight is 404 g/mol. The smallest absolute Gasteiger partial charge is 0.244 e. The van der Waals surface area contributed by atoms with Gasteiger partial charge in [0.2, 0.25) is 17.5 Å². The monoisotopic (exact) mass is 404 g/mol. The number of aromatic nitrogens is 2. The SMILES string of the molecule is COc1cc([C@@H]2C(C#N)=C(N)Oc3n[nH]c(-c4ccccc4)c32)cc(OC)c1OC. The van der Waals surface area contributed by atoms with Crippen LogP contribution in [-0.4, -0.2) is 31.5 Å². The van der Waals surface area contributed by atoms with Crippen LogP contribution in [0.15, 0.2) is 53.9 Å². The third-order valence-corrected chi connectivity index (χ3v) is 5.02. The van der Waals surface area contributed by atoms with E-state index in [0.29, 0.717) is 28.7 Å². The molecule has 0 radical (unpaired) electrons. The number of allylic oxidation sites excluding steroid dienone is 1. The zero-order valence-corrected chi connectivity index (χ0v) is 16.7. The van der Waals surface area contributed by atoms with Gasteiger partial charge in [-0.1, -0.05) is 30.3 Å². The number of H-pyrrole nitrogens is 1. The van der Waals surface area contributed by atoms with Crippen LogP contribution in [0.2, 0.25) is 0 Å². The largest absolute Gasteiger partial charge is 0.493 e. The molecule has 8 heteroatoms. The second kappa shape index (κ2) is 7.72. The molecule has 2 aromatic carbocycles. The summed E-state index contributed by atoms with van der Waals surface area (Å²) < 4.78 is 22.1. The summed E-state index contributed by atoms with van der Waals surface area (Å²) in [5, 5.41) is 17.2. The number of hydrogen-bond acceptors (Lipinski definition) is 7. The maximum absolute atomic E-state index is 9.89. The third kappa shape index (κ3) is 2.97. The Morgan fingerprint density at radius 1 is 1.07 bits per heavy atom. The van der Waals surface area contributed by atoms with Gasteiger partial charge in [0.1, 0.15) is 11.6 Å². The highest BCUT2D eigenvalue weighted by Crippen LogP contribution is 2.49. The Morgan fingerprint density at radius 3 is 2.30 bits per heavy atom. The number of nitrogens with two attached hydrogens (primary N) is 1. The minimum atomic E-state index is -0.540. The van der Waals surface area contributed by atoms with Crippen molar-refractivity contribution in [1.29, 1.82) is 5.26 Å². The molecule has 0 amide bonds. The van der Waals surface area contributed by atoms with Crippen molar-refractivity contribution in [3.05, 3.63) is 65.0 Å². The number of ether oxygens (including phenoxy) is 4. The van der Waals surface area contributed by atoms with Gasteiger partial charge in [-0.15, -0.1) is 5.10 Å². The molecule has 8 nitrogen and oxygen atoms in total. The molecule has 0 spiro atoms. The van der Waals surface area contributed by atoms with Gasteiger partial charge in [-0.3, -0.25) is 5.10 Å². The molecule has 0 saturated carbocycles. The first-order chi connectivity index (χ1) is 14.6. The van der Waals surface area contributed by atoms with E-state index >= 15 is 0 Å². The molecule has 0 saturated heterocycles. The molecule has 3 N–H and O–H groups in total. The Labute approximate surface area is 173 Å². The quantitative estimate of drug-likeness (QED) is 0.670. The number of aromatic amines is 1. The summed E-state index contributed by atoms with van der Waals surface area (Å²) in [5.41, 5.74) is 9.43. The summed E-state index contributed by atoms with van der Waals surface area (Å²) in [4.78, 5) is 0. The van der Waals surface area contributed by atoms with Gasteiger partial charge in [-0.2, -0.15) is 5.26 Å². The molecule has 1 aliphatic rings. The van der Waals surface area contributed by atoms with E-state index in [9.17, 15) is 5.26 Å². The van der Waals surface area contributed by atoms with Crippen molar-refractivity contribution < 1.29 is 18.9 Å². The van der Waals surface area contributed by atoms with Crippen LogP contribution in [0.3, 0.4) is 0 Å². The number of rotatable bonds is 5. The van der Waals surface area contributed by atoms with Crippen LogP contribution in [0.25, 0.3) is 11.3 Å². The fourth-order valence-corrected chi connectivity index (χ4v) is 3.67. The van der Waals surface area contributed by atoms with Crippen molar-refractivity contribution in [3.8, 4) is 40.5 Å². The fraction of sp³-hybridized carbons (Fsp3) is 0.182. The van der Waals surface area contributed by atoms with Gasteiger partial charge in [0.05, 0.1) is 38.5 Å². The van der Waals surface area contributed by atoms with E-state index in [0.717, 1.165) is 16.8 Å². The molecule has 0 bridgehead atoms. The predicted octanol–water partition coefficient (Wildman–Crippen LogP) is 3.32. The number of nitriles is 1. The lowest BCUT2D eigenvalue weighted by Crippen LogP contribution is -2.21. The molecule has 1 aliphatic heterocycles. The number of fused-ring (bicyclic) bond motifs is 1. The Kier molecular flexibility index (Phi) is 4.94. The second-order valence-corrected chi connectivity index (χ2v) is 6.57. The maximum Gasteiger partial charge on any atom is 0.244 e.